The van der Waals surface area contributed by atoms with Gasteiger partial charge in [0.15, 0.2) is 29.2 Å². The number of nitrogens with one attached hydrogen (secondary N) is 4. The molecule has 6 rings (SSSR count). The van der Waals surface area contributed by atoms with Crippen LogP contribution in [0.25, 0.3) is 0 Å². The van der Waals surface area contributed by atoms with Gasteiger partial charge in [0.1, 0.15) is 18.7 Å². The quantitative estimate of drug-likeness (QED) is 0.0337. The zero-order valence-electron chi connectivity index (χ0n) is 63.0. The van der Waals surface area contributed by atoms with Crippen molar-refractivity contribution >= 4 is 64.8 Å². The fourth-order valence-electron chi connectivity index (χ4n) is 11.6. The normalized spacial score (nSPS) is 16.8. The number of hydrogen-bond donors (Lipinski definition) is 5. The number of benzene rings is 3. The molecule has 0 fully saturated rings. The van der Waals surface area contributed by atoms with Gasteiger partial charge < -0.3 is 97.8 Å². The number of anilines is 2. The van der Waals surface area contributed by atoms with E-state index >= 15 is 0 Å². The molecule has 0 spiro atoms. The summed E-state index contributed by atoms with van der Waals surface area (Å²) in [6.07, 6.45) is 3.89. The Morgan fingerprint density at radius 2 is 1.19 bits per heavy atom. The average molecular weight is 1460 g/mol. The van der Waals surface area contributed by atoms with Crippen LogP contribution < -0.4 is 45.1 Å². The molecule has 5 N–H and O–H groups in total. The number of amides is 7. The van der Waals surface area contributed by atoms with Crippen molar-refractivity contribution in [3.8, 4) is 23.0 Å². The van der Waals surface area contributed by atoms with Crippen molar-refractivity contribution < 1.29 is 100 Å². The van der Waals surface area contributed by atoms with Crippen LogP contribution >= 0.6 is 0 Å². The van der Waals surface area contributed by atoms with E-state index in [0.29, 0.717) is 159 Å². The van der Waals surface area contributed by atoms with Crippen LogP contribution in [-0.4, -0.2) is 240 Å². The number of carbonyl (C=O) groups excluding carboxylic acids is 7. The highest BCUT2D eigenvalue weighted by Gasteiger charge is 2.46. The van der Waals surface area contributed by atoms with Crippen molar-refractivity contribution in [2.75, 3.05) is 157 Å². The first kappa shape index (κ1) is 84.9. The summed E-state index contributed by atoms with van der Waals surface area (Å²) < 4.78 is 74.5. The summed E-state index contributed by atoms with van der Waals surface area (Å²) in [5, 5.41) is 23.1. The van der Waals surface area contributed by atoms with E-state index in [1.165, 1.54) is 38.2 Å². The molecule has 3 aliphatic heterocycles. The second-order valence-corrected chi connectivity index (χ2v) is 27.3. The van der Waals surface area contributed by atoms with Crippen molar-refractivity contribution in [1.29, 1.82) is 0 Å². The number of rotatable bonds is 48. The van der Waals surface area contributed by atoms with Gasteiger partial charge >= 0.3 is 6.09 Å². The maximum absolute atomic E-state index is 14.4. The molecule has 6 unspecified atom stereocenters. The fourth-order valence-corrected chi connectivity index (χ4v) is 11.6. The number of aliphatic hydroxyl groups is 1. The van der Waals surface area contributed by atoms with Gasteiger partial charge in [-0.25, -0.2) is 9.69 Å². The molecule has 6 atom stereocenters. The topological polar surface area (TPSA) is 330 Å². The second kappa shape index (κ2) is 43.4. The molecular weight excluding hydrogens is 1350 g/mol. The van der Waals surface area contributed by atoms with E-state index in [1.54, 1.807) is 74.6 Å². The van der Waals surface area contributed by atoms with E-state index in [2.05, 4.69) is 54.0 Å². The summed E-state index contributed by atoms with van der Waals surface area (Å²) in [6.45, 7) is 25.9. The number of aliphatic imine (C=N–C) groups is 1. The highest BCUT2D eigenvalue weighted by molar-refractivity contribution is 6.07. The first-order valence-electron chi connectivity index (χ1n) is 35.9. The summed E-state index contributed by atoms with van der Waals surface area (Å²) in [4.78, 5) is 102. The molecule has 3 aromatic carbocycles. The third-order valence-corrected chi connectivity index (χ3v) is 17.6. The molecule has 0 radical (unpaired) electrons. The summed E-state index contributed by atoms with van der Waals surface area (Å²) in [6, 6.07) is 9.95. The number of carbonyl (C=O) groups is 7. The Morgan fingerprint density at radius 1 is 0.654 bits per heavy atom. The molecule has 0 saturated carbocycles. The van der Waals surface area contributed by atoms with Crippen molar-refractivity contribution in [2.24, 2.45) is 21.7 Å². The van der Waals surface area contributed by atoms with E-state index in [9.17, 15) is 38.7 Å². The Balaban J connectivity index is 0.882. The number of fused-ring (bicyclic) bond motifs is 3. The van der Waals surface area contributed by atoms with Crippen LogP contribution in [0.5, 0.6) is 23.0 Å². The SMILES string of the molecule is CCCC(=O)NCCOCCOCCOCCOCCOCCOCCOCCOCCC(=O)NC(C(=O)NC(C)C(=O)Nc1ccc(COC(=O)N2c3cc(OCC(C)(C)CC(C)(CC)COc4cc5c(cc4OC)C(=O)N(C)C(C)C=N5)c(OC)cc3C(=O)N3C=C(C)CC3C2O)cc1)C(C)C. The van der Waals surface area contributed by atoms with Gasteiger partial charge in [-0.05, 0) is 87.6 Å². The third-order valence-electron chi connectivity index (χ3n) is 17.6. The Labute approximate surface area is 611 Å². The maximum atomic E-state index is 14.4. The van der Waals surface area contributed by atoms with Crippen molar-refractivity contribution in [1.82, 2.24) is 25.8 Å². The molecule has 3 heterocycles. The lowest BCUT2D eigenvalue weighted by Gasteiger charge is -2.37. The number of methoxy groups -OCH3 is 2. The number of aliphatic hydroxyl groups excluding tert-OH is 1. The number of nitrogens with zero attached hydrogens (tertiary/aromatic N) is 4. The molecule has 29 nitrogen and oxygen atoms in total. The minimum Gasteiger partial charge on any atom is -0.493 e. The number of hydrogen-bond acceptors (Lipinski definition) is 22. The predicted molar refractivity (Wildman–Crippen MR) is 389 cm³/mol. The van der Waals surface area contributed by atoms with Crippen LogP contribution in [-0.2, 0) is 68.4 Å². The molecule has 578 valence electrons. The van der Waals surface area contributed by atoms with E-state index in [1.807, 2.05) is 20.8 Å². The van der Waals surface area contributed by atoms with Gasteiger partial charge in [0.05, 0.1) is 168 Å². The Morgan fingerprint density at radius 3 is 1.74 bits per heavy atom. The minimum absolute atomic E-state index is 0.00562. The zero-order chi connectivity index (χ0) is 75.8. The van der Waals surface area contributed by atoms with Gasteiger partial charge in [-0.2, -0.15) is 0 Å². The lowest BCUT2D eigenvalue weighted by atomic mass is 9.73. The second-order valence-electron chi connectivity index (χ2n) is 27.3. The molecule has 104 heavy (non-hydrogen) atoms. The van der Waals surface area contributed by atoms with Gasteiger partial charge in [0, 0.05) is 62.1 Å². The Bertz CT molecular complexity index is 3310. The molecule has 7 amide bonds. The first-order chi connectivity index (χ1) is 49.8. The smallest absolute Gasteiger partial charge is 0.416 e. The van der Waals surface area contributed by atoms with Crippen LogP contribution in [0.2, 0.25) is 0 Å². The van der Waals surface area contributed by atoms with Crippen LogP contribution in [0.1, 0.15) is 134 Å². The molecule has 0 bridgehead atoms. The van der Waals surface area contributed by atoms with Crippen LogP contribution in [0, 0.1) is 16.7 Å². The van der Waals surface area contributed by atoms with E-state index in [-0.39, 0.29) is 84.8 Å². The molecular formula is C75H112N8O21. The van der Waals surface area contributed by atoms with E-state index in [4.69, 9.17) is 61.6 Å². The predicted octanol–water partition coefficient (Wildman–Crippen LogP) is 7.79. The van der Waals surface area contributed by atoms with Gasteiger partial charge in [-0.3, -0.25) is 33.8 Å². The zero-order valence-corrected chi connectivity index (χ0v) is 63.0. The molecule has 3 aromatic rings. The summed E-state index contributed by atoms with van der Waals surface area (Å²) in [5.74, 6) is -1.06. The van der Waals surface area contributed by atoms with Gasteiger partial charge in [0.25, 0.3) is 11.8 Å². The van der Waals surface area contributed by atoms with Gasteiger partial charge in [-0.15, -0.1) is 0 Å². The summed E-state index contributed by atoms with van der Waals surface area (Å²) in [7, 11) is 4.71. The largest absolute Gasteiger partial charge is 0.493 e. The number of ether oxygens (including phenoxy) is 13. The van der Waals surface area contributed by atoms with E-state index in [0.717, 1.165) is 23.3 Å². The Kier molecular flexibility index (Phi) is 35.5. The van der Waals surface area contributed by atoms with E-state index < -0.39 is 59.5 Å². The minimum atomic E-state index is -1.54. The van der Waals surface area contributed by atoms with Crippen LogP contribution in [0.4, 0.5) is 21.9 Å². The third kappa shape index (κ3) is 26.9. The fraction of sp³-hybridized carbons (Fsp3) is 0.627. The summed E-state index contributed by atoms with van der Waals surface area (Å²) >= 11 is 0. The molecule has 29 heteroatoms. The van der Waals surface area contributed by atoms with Gasteiger partial charge in [-0.1, -0.05) is 66.2 Å². The van der Waals surface area contributed by atoms with Gasteiger partial charge in [0.2, 0.25) is 23.6 Å². The molecule has 0 aliphatic carbocycles. The monoisotopic (exact) mass is 1460 g/mol. The molecule has 3 aliphatic rings. The van der Waals surface area contributed by atoms with Crippen LogP contribution in [0.3, 0.4) is 0 Å². The summed E-state index contributed by atoms with van der Waals surface area (Å²) in [5.41, 5.74) is 1.89. The lowest BCUT2D eigenvalue weighted by Crippen LogP contribution is -2.53. The van der Waals surface area contributed by atoms with Crippen LogP contribution in [0.15, 0.2) is 65.3 Å². The lowest BCUT2D eigenvalue weighted by molar-refractivity contribution is -0.132. The molecule has 0 aromatic heterocycles. The first-order valence-corrected chi connectivity index (χ1v) is 35.9. The van der Waals surface area contributed by atoms with Crippen molar-refractivity contribution in [3.63, 3.8) is 0 Å². The van der Waals surface area contributed by atoms with Crippen molar-refractivity contribution in [2.45, 2.75) is 145 Å². The van der Waals surface area contributed by atoms with Crippen molar-refractivity contribution in [3.05, 3.63) is 77.0 Å². The highest BCUT2D eigenvalue weighted by atomic mass is 16.6. The average Bonchev–Trinajstić information content (AvgIpc) is 1.59. The maximum Gasteiger partial charge on any atom is 0.416 e. The highest BCUT2D eigenvalue weighted by Crippen LogP contribution is 2.45. The molecule has 0 saturated heterocycles. The standard InChI is InChI=1S/C75H112N8O21/c1-14-16-65(84)76-22-24-95-26-28-97-30-32-99-34-36-101-38-37-100-35-33-98-31-29-96-27-25-94-23-21-66(85)80-67(50(3)4)69(87)78-53(7)68(86)79-55-19-17-54(18-20-55)46-102-73(91)83-59-43-64(62(93-13)41-57(59)71(89)82-45-51(5)39-60(82)72(83)90)103-48-74(8,9)47-75(10,15-2)49-104-63-42-58-56(40-61(63)92-12)70(88)81(11)52(6)44-77-58/h17-20,40-45,50,52-53,60,67,72,90H,14-16,21-39,46-49H2,1-13H3,(H,76,84)(H,78,87)(H,79,86)(H,80,85). The Hall–Kier alpha value is -8.00.